The van der Waals surface area contributed by atoms with Crippen LogP contribution < -0.4 is 0 Å². The van der Waals surface area contributed by atoms with Gasteiger partial charge in [-0.1, -0.05) is 36.8 Å². The van der Waals surface area contributed by atoms with Crippen molar-refractivity contribution in [3.8, 4) is 0 Å². The Morgan fingerprint density at radius 3 is 2.44 bits per heavy atom. The first-order valence-corrected chi connectivity index (χ1v) is 6.47. The molecule has 2 aromatic rings. The number of aliphatic hydroxyl groups is 1. The monoisotopic (exact) mass is 244 g/mol. The van der Waals surface area contributed by atoms with Crippen LogP contribution in [-0.4, -0.2) is 14.9 Å². The maximum atomic E-state index is 10.4. The van der Waals surface area contributed by atoms with E-state index in [2.05, 4.69) is 12.0 Å². The summed E-state index contributed by atoms with van der Waals surface area (Å²) in [6.07, 6.45) is 0.291. The number of hydrogen-bond acceptors (Lipinski definition) is 2. The summed E-state index contributed by atoms with van der Waals surface area (Å²) in [5.41, 5.74) is 4.01. The molecule has 2 rings (SSSR count). The minimum atomic E-state index is -0.599. The number of benzene rings is 1. The lowest BCUT2D eigenvalue weighted by Crippen LogP contribution is -2.09. The zero-order valence-electron chi connectivity index (χ0n) is 11.2. The highest BCUT2D eigenvalue weighted by atomic mass is 16.3. The highest BCUT2D eigenvalue weighted by Gasteiger charge is 2.16. The molecule has 1 aromatic heterocycles. The third-order valence-corrected chi connectivity index (χ3v) is 3.20. The fraction of sp³-hybridized carbons (Fsp3) is 0.400. The van der Waals surface area contributed by atoms with Crippen LogP contribution in [0.5, 0.6) is 0 Å². The molecule has 3 nitrogen and oxygen atoms in total. The van der Waals surface area contributed by atoms with E-state index in [0.29, 0.717) is 0 Å². The van der Waals surface area contributed by atoms with E-state index in [1.807, 2.05) is 48.9 Å². The van der Waals surface area contributed by atoms with E-state index in [9.17, 15) is 5.11 Å². The van der Waals surface area contributed by atoms with Crippen molar-refractivity contribution < 1.29 is 5.11 Å². The van der Waals surface area contributed by atoms with Crippen molar-refractivity contribution in [3.63, 3.8) is 0 Å². The van der Waals surface area contributed by atoms with Crippen LogP contribution in [0.1, 0.15) is 42.5 Å². The summed E-state index contributed by atoms with van der Waals surface area (Å²) < 4.78 is 1.88. The third kappa shape index (κ3) is 2.46. The minimum absolute atomic E-state index is 0.599. The molecule has 0 fully saturated rings. The average Bonchev–Trinajstić information content (AvgIpc) is 2.82. The molecule has 0 bridgehead atoms. The lowest BCUT2D eigenvalue weighted by Gasteiger charge is -2.12. The first kappa shape index (κ1) is 12.8. The van der Waals surface area contributed by atoms with Crippen molar-refractivity contribution >= 4 is 0 Å². The normalized spacial score (nSPS) is 12.7. The van der Waals surface area contributed by atoms with Crippen LogP contribution in [0.25, 0.3) is 0 Å². The Bertz CT molecular complexity index is 514. The van der Waals surface area contributed by atoms with Gasteiger partial charge in [0.05, 0.1) is 11.4 Å². The molecular formula is C15H20N2O. The van der Waals surface area contributed by atoms with E-state index in [1.54, 1.807) is 0 Å². The molecule has 1 atom stereocenters. The Morgan fingerprint density at radius 1 is 1.22 bits per heavy atom. The first-order valence-electron chi connectivity index (χ1n) is 6.47. The van der Waals surface area contributed by atoms with E-state index in [1.165, 1.54) is 5.56 Å². The van der Waals surface area contributed by atoms with E-state index < -0.39 is 6.10 Å². The maximum absolute atomic E-state index is 10.4. The van der Waals surface area contributed by atoms with Crippen molar-refractivity contribution in [3.05, 3.63) is 52.8 Å². The van der Waals surface area contributed by atoms with E-state index in [4.69, 9.17) is 0 Å². The van der Waals surface area contributed by atoms with Gasteiger partial charge in [0.15, 0.2) is 0 Å². The molecule has 0 spiro atoms. The second-order valence-electron chi connectivity index (χ2n) is 4.54. The van der Waals surface area contributed by atoms with Gasteiger partial charge in [0, 0.05) is 6.54 Å². The summed E-state index contributed by atoms with van der Waals surface area (Å²) in [5, 5.41) is 14.9. The van der Waals surface area contributed by atoms with Gasteiger partial charge in [-0.2, -0.15) is 5.10 Å². The molecule has 0 aliphatic heterocycles. The van der Waals surface area contributed by atoms with Gasteiger partial charge in [-0.3, -0.25) is 4.68 Å². The molecule has 0 aliphatic rings. The van der Waals surface area contributed by atoms with Gasteiger partial charge in [-0.25, -0.2) is 0 Å². The Morgan fingerprint density at radius 2 is 1.89 bits per heavy atom. The Kier molecular flexibility index (Phi) is 3.82. The molecule has 0 radical (unpaired) electrons. The van der Waals surface area contributed by atoms with Crippen molar-refractivity contribution in [2.24, 2.45) is 0 Å². The zero-order chi connectivity index (χ0) is 13.1. The average molecular weight is 244 g/mol. The quantitative estimate of drug-likeness (QED) is 0.898. The van der Waals surface area contributed by atoms with Gasteiger partial charge in [0.25, 0.3) is 0 Å². The van der Waals surface area contributed by atoms with Gasteiger partial charge >= 0.3 is 0 Å². The molecule has 0 saturated heterocycles. The van der Waals surface area contributed by atoms with E-state index >= 15 is 0 Å². The van der Waals surface area contributed by atoms with Gasteiger partial charge in [-0.05, 0) is 31.9 Å². The Labute approximate surface area is 108 Å². The van der Waals surface area contributed by atoms with Crippen molar-refractivity contribution in [1.29, 1.82) is 0 Å². The molecule has 1 N–H and O–H groups in total. The van der Waals surface area contributed by atoms with Gasteiger partial charge in [0.2, 0.25) is 0 Å². The molecule has 0 saturated carbocycles. The van der Waals surface area contributed by atoms with Crippen LogP contribution in [0.4, 0.5) is 0 Å². The van der Waals surface area contributed by atoms with Crippen LogP contribution in [0.15, 0.2) is 30.3 Å². The lowest BCUT2D eigenvalue weighted by molar-refractivity contribution is 0.208. The Balaban J connectivity index is 2.35. The van der Waals surface area contributed by atoms with Crippen LogP contribution in [0.2, 0.25) is 0 Å². The van der Waals surface area contributed by atoms with Gasteiger partial charge < -0.3 is 5.11 Å². The summed E-state index contributed by atoms with van der Waals surface area (Å²) in [4.78, 5) is 0. The van der Waals surface area contributed by atoms with Crippen LogP contribution in [0, 0.1) is 6.92 Å². The molecule has 1 aromatic carbocycles. The van der Waals surface area contributed by atoms with Crippen molar-refractivity contribution in [1.82, 2.24) is 9.78 Å². The molecular weight excluding hydrogens is 224 g/mol. The summed E-state index contributed by atoms with van der Waals surface area (Å²) in [7, 11) is 0. The predicted octanol–water partition coefficient (Wildman–Crippen LogP) is 2.86. The molecule has 1 heterocycles. The third-order valence-electron chi connectivity index (χ3n) is 3.20. The highest BCUT2D eigenvalue weighted by molar-refractivity contribution is 5.29. The number of nitrogens with zero attached hydrogens (tertiary/aromatic N) is 2. The topological polar surface area (TPSA) is 38.0 Å². The van der Waals surface area contributed by atoms with Crippen molar-refractivity contribution in [2.75, 3.05) is 0 Å². The fourth-order valence-electron chi connectivity index (χ4n) is 2.05. The molecule has 1 unspecified atom stereocenters. The number of aryl methyl sites for hydroxylation is 3. The number of hydrogen-bond donors (Lipinski definition) is 1. The molecule has 0 aliphatic carbocycles. The standard InChI is InChI=1S/C15H20N2O/c1-4-13-10-14(17(5-2)16-13)15(18)12-8-6-11(3)7-9-12/h6-10,15,18H,4-5H2,1-3H3. The van der Waals surface area contributed by atoms with E-state index in [-0.39, 0.29) is 0 Å². The maximum Gasteiger partial charge on any atom is 0.121 e. The lowest BCUT2D eigenvalue weighted by atomic mass is 10.0. The predicted molar refractivity (Wildman–Crippen MR) is 72.5 cm³/mol. The highest BCUT2D eigenvalue weighted by Crippen LogP contribution is 2.23. The van der Waals surface area contributed by atoms with Gasteiger partial charge in [0.1, 0.15) is 6.10 Å². The van der Waals surface area contributed by atoms with Gasteiger partial charge in [-0.15, -0.1) is 0 Å². The molecule has 3 heteroatoms. The van der Waals surface area contributed by atoms with E-state index in [0.717, 1.165) is 29.9 Å². The fourth-order valence-corrected chi connectivity index (χ4v) is 2.05. The molecule has 96 valence electrons. The SMILES string of the molecule is CCc1cc(C(O)c2ccc(C)cc2)n(CC)n1. The summed E-state index contributed by atoms with van der Waals surface area (Å²) in [6.45, 7) is 6.93. The summed E-state index contributed by atoms with van der Waals surface area (Å²) >= 11 is 0. The zero-order valence-corrected chi connectivity index (χ0v) is 11.2. The van der Waals surface area contributed by atoms with Crippen LogP contribution in [-0.2, 0) is 13.0 Å². The number of aromatic nitrogens is 2. The number of rotatable bonds is 4. The number of aliphatic hydroxyl groups excluding tert-OH is 1. The molecule has 18 heavy (non-hydrogen) atoms. The van der Waals surface area contributed by atoms with Crippen LogP contribution in [0.3, 0.4) is 0 Å². The van der Waals surface area contributed by atoms with Crippen LogP contribution >= 0.6 is 0 Å². The first-order chi connectivity index (χ1) is 8.65. The second kappa shape index (κ2) is 5.36. The largest absolute Gasteiger partial charge is 0.382 e. The van der Waals surface area contributed by atoms with Crippen molar-refractivity contribution in [2.45, 2.75) is 39.8 Å². The second-order valence-corrected chi connectivity index (χ2v) is 4.54. The summed E-state index contributed by atoms with van der Waals surface area (Å²) in [5.74, 6) is 0. The smallest absolute Gasteiger partial charge is 0.121 e. The molecule has 0 amide bonds. The summed E-state index contributed by atoms with van der Waals surface area (Å²) in [6, 6.07) is 9.98. The minimum Gasteiger partial charge on any atom is -0.382 e. The Hall–Kier alpha value is -1.61.